The van der Waals surface area contributed by atoms with E-state index in [2.05, 4.69) is 15.6 Å². The number of amides is 2. The molecule has 0 radical (unpaired) electrons. The number of anilines is 2. The molecule has 0 spiro atoms. The summed E-state index contributed by atoms with van der Waals surface area (Å²) in [7, 11) is 0. The standard InChI is InChI=1S/C17H22N4O4/c22-11-17(4-1-5-17)20-15(23)18-12-2-3-13-14(10-12)25-16(19-13)21-6-8-24-9-7-21/h2-3,10,22H,1,4-9,11H2,(H2,18,20,23). The van der Waals surface area contributed by atoms with Gasteiger partial charge in [-0.15, -0.1) is 0 Å². The highest BCUT2D eigenvalue weighted by atomic mass is 16.5. The lowest BCUT2D eigenvalue weighted by Crippen LogP contribution is -2.57. The second kappa shape index (κ2) is 6.53. The lowest BCUT2D eigenvalue weighted by molar-refractivity contribution is 0.0984. The molecule has 25 heavy (non-hydrogen) atoms. The zero-order valence-corrected chi connectivity index (χ0v) is 14.0. The summed E-state index contributed by atoms with van der Waals surface area (Å²) in [6.07, 6.45) is 2.64. The van der Waals surface area contributed by atoms with Gasteiger partial charge in [-0.1, -0.05) is 0 Å². The van der Waals surface area contributed by atoms with Crippen LogP contribution in [0.15, 0.2) is 22.6 Å². The number of urea groups is 1. The minimum Gasteiger partial charge on any atom is -0.423 e. The number of nitrogens with zero attached hydrogens (tertiary/aromatic N) is 2. The summed E-state index contributed by atoms with van der Waals surface area (Å²) in [5.74, 6) is 0. The first-order valence-corrected chi connectivity index (χ1v) is 8.61. The first-order valence-electron chi connectivity index (χ1n) is 8.61. The van der Waals surface area contributed by atoms with Gasteiger partial charge in [-0.2, -0.15) is 4.98 Å². The van der Waals surface area contributed by atoms with Crippen LogP contribution in [0.4, 0.5) is 16.5 Å². The lowest BCUT2D eigenvalue weighted by atomic mass is 9.77. The van der Waals surface area contributed by atoms with Gasteiger partial charge in [0.2, 0.25) is 0 Å². The Labute approximate surface area is 145 Å². The molecule has 1 saturated heterocycles. The number of hydrogen-bond donors (Lipinski definition) is 3. The minimum atomic E-state index is -0.468. The Morgan fingerprint density at radius 2 is 2.12 bits per heavy atom. The topological polar surface area (TPSA) is 99.9 Å². The van der Waals surface area contributed by atoms with Gasteiger partial charge < -0.3 is 29.8 Å². The molecule has 2 aliphatic rings. The van der Waals surface area contributed by atoms with Crippen molar-refractivity contribution >= 4 is 28.8 Å². The third kappa shape index (κ3) is 3.27. The van der Waals surface area contributed by atoms with Crippen molar-refractivity contribution in [2.24, 2.45) is 0 Å². The minimum absolute atomic E-state index is 0.0372. The van der Waals surface area contributed by atoms with Crippen molar-refractivity contribution in [1.29, 1.82) is 0 Å². The van der Waals surface area contributed by atoms with Crippen LogP contribution in [-0.4, -0.2) is 54.6 Å². The number of carbonyl (C=O) groups excluding carboxylic acids is 1. The van der Waals surface area contributed by atoms with Crippen molar-refractivity contribution in [3.63, 3.8) is 0 Å². The molecule has 2 heterocycles. The molecule has 1 aromatic heterocycles. The van der Waals surface area contributed by atoms with Crippen LogP contribution in [0.5, 0.6) is 0 Å². The molecule has 1 saturated carbocycles. The number of morpholine rings is 1. The van der Waals surface area contributed by atoms with Crippen molar-refractivity contribution in [3.8, 4) is 0 Å². The highest BCUT2D eigenvalue weighted by Crippen LogP contribution is 2.31. The first kappa shape index (κ1) is 16.2. The Morgan fingerprint density at radius 3 is 2.80 bits per heavy atom. The predicted molar refractivity (Wildman–Crippen MR) is 92.9 cm³/mol. The number of rotatable bonds is 4. The number of benzene rings is 1. The molecule has 1 aliphatic carbocycles. The summed E-state index contributed by atoms with van der Waals surface area (Å²) < 4.78 is 11.2. The van der Waals surface area contributed by atoms with Crippen molar-refractivity contribution in [2.75, 3.05) is 43.1 Å². The Kier molecular flexibility index (Phi) is 4.22. The monoisotopic (exact) mass is 346 g/mol. The largest absolute Gasteiger partial charge is 0.423 e. The van der Waals surface area contributed by atoms with Gasteiger partial charge in [0.1, 0.15) is 5.52 Å². The quantitative estimate of drug-likeness (QED) is 0.779. The fourth-order valence-electron chi connectivity index (χ4n) is 3.21. The number of nitrogens with one attached hydrogen (secondary N) is 2. The maximum atomic E-state index is 12.2. The van der Waals surface area contributed by atoms with E-state index in [1.807, 2.05) is 11.0 Å². The van der Waals surface area contributed by atoms with Crippen molar-refractivity contribution in [3.05, 3.63) is 18.2 Å². The molecule has 3 N–H and O–H groups in total. The zero-order chi connectivity index (χ0) is 17.3. The molecule has 134 valence electrons. The molecule has 4 rings (SSSR count). The van der Waals surface area contributed by atoms with Gasteiger partial charge in [0.15, 0.2) is 5.58 Å². The van der Waals surface area contributed by atoms with E-state index in [4.69, 9.17) is 9.15 Å². The van der Waals surface area contributed by atoms with Crippen LogP contribution in [0.3, 0.4) is 0 Å². The summed E-state index contributed by atoms with van der Waals surface area (Å²) in [6.45, 7) is 2.80. The molecule has 2 amide bonds. The fourth-order valence-corrected chi connectivity index (χ4v) is 3.21. The molecule has 0 atom stereocenters. The van der Waals surface area contributed by atoms with Gasteiger partial charge in [0.25, 0.3) is 6.01 Å². The van der Waals surface area contributed by atoms with E-state index >= 15 is 0 Å². The predicted octanol–water partition coefficient (Wildman–Crippen LogP) is 1.70. The van der Waals surface area contributed by atoms with Crippen LogP contribution in [0.1, 0.15) is 19.3 Å². The zero-order valence-electron chi connectivity index (χ0n) is 14.0. The van der Waals surface area contributed by atoms with E-state index < -0.39 is 5.54 Å². The second-order valence-electron chi connectivity index (χ2n) is 6.65. The summed E-state index contributed by atoms with van der Waals surface area (Å²) in [5, 5.41) is 15.1. The number of ether oxygens (including phenoxy) is 1. The molecule has 8 nitrogen and oxygen atoms in total. The molecule has 1 aliphatic heterocycles. The Hall–Kier alpha value is -2.32. The number of aliphatic hydroxyl groups excluding tert-OH is 1. The molecule has 2 aromatic rings. The van der Waals surface area contributed by atoms with Crippen molar-refractivity contribution in [1.82, 2.24) is 10.3 Å². The van der Waals surface area contributed by atoms with Gasteiger partial charge >= 0.3 is 6.03 Å². The highest BCUT2D eigenvalue weighted by Gasteiger charge is 2.37. The van der Waals surface area contributed by atoms with Gasteiger partial charge in [-0.05, 0) is 31.4 Å². The third-order valence-corrected chi connectivity index (χ3v) is 4.91. The Morgan fingerprint density at radius 1 is 1.32 bits per heavy atom. The summed E-state index contributed by atoms with van der Waals surface area (Å²) in [5.41, 5.74) is 1.53. The molecule has 8 heteroatoms. The maximum Gasteiger partial charge on any atom is 0.319 e. The Balaban J connectivity index is 1.46. The van der Waals surface area contributed by atoms with Gasteiger partial charge in [0.05, 0.1) is 25.4 Å². The number of hydrogen-bond acceptors (Lipinski definition) is 6. The third-order valence-electron chi connectivity index (χ3n) is 4.91. The summed E-state index contributed by atoms with van der Waals surface area (Å²) >= 11 is 0. The van der Waals surface area contributed by atoms with Gasteiger partial charge in [-0.25, -0.2) is 4.79 Å². The van der Waals surface area contributed by atoms with Crippen molar-refractivity contribution < 1.29 is 19.1 Å². The highest BCUT2D eigenvalue weighted by molar-refractivity contribution is 5.92. The van der Waals surface area contributed by atoms with E-state index in [-0.39, 0.29) is 12.6 Å². The van der Waals surface area contributed by atoms with Crippen LogP contribution in [0.25, 0.3) is 11.1 Å². The number of carbonyl (C=O) groups is 1. The van der Waals surface area contributed by atoms with Crippen molar-refractivity contribution in [2.45, 2.75) is 24.8 Å². The number of aromatic nitrogens is 1. The number of fused-ring (bicyclic) bond motifs is 1. The van der Waals surface area contributed by atoms with E-state index in [1.54, 1.807) is 12.1 Å². The van der Waals surface area contributed by atoms with Crippen LogP contribution in [-0.2, 0) is 4.74 Å². The first-order chi connectivity index (χ1) is 12.2. The SMILES string of the molecule is O=C(Nc1ccc2nc(N3CCOCC3)oc2c1)NC1(CO)CCC1. The van der Waals surface area contributed by atoms with Crippen LogP contribution < -0.4 is 15.5 Å². The van der Waals surface area contributed by atoms with Crippen LogP contribution >= 0.6 is 0 Å². The molecule has 2 fully saturated rings. The lowest BCUT2D eigenvalue weighted by Gasteiger charge is -2.40. The summed E-state index contributed by atoms with van der Waals surface area (Å²) in [6, 6.07) is 5.64. The van der Waals surface area contributed by atoms with E-state index in [0.717, 1.165) is 37.9 Å². The molecular weight excluding hydrogens is 324 g/mol. The molecular formula is C17H22N4O4. The second-order valence-corrected chi connectivity index (χ2v) is 6.65. The van der Waals surface area contributed by atoms with Gasteiger partial charge in [0, 0.05) is 24.8 Å². The normalized spacial score (nSPS) is 19.5. The fraction of sp³-hybridized carbons (Fsp3) is 0.529. The maximum absolute atomic E-state index is 12.2. The van der Waals surface area contributed by atoms with Gasteiger partial charge in [-0.3, -0.25) is 0 Å². The summed E-state index contributed by atoms with van der Waals surface area (Å²) in [4.78, 5) is 18.7. The molecule has 1 aromatic carbocycles. The molecule has 0 unspecified atom stereocenters. The number of oxazole rings is 1. The average Bonchev–Trinajstić information content (AvgIpc) is 3.02. The van der Waals surface area contributed by atoms with E-state index in [1.165, 1.54) is 0 Å². The average molecular weight is 346 g/mol. The number of aliphatic hydroxyl groups is 1. The smallest absolute Gasteiger partial charge is 0.319 e. The Bertz CT molecular complexity index is 760. The van der Waals surface area contributed by atoms with E-state index in [9.17, 15) is 9.90 Å². The molecule has 0 bridgehead atoms. The van der Waals surface area contributed by atoms with E-state index in [0.29, 0.717) is 30.5 Å². The van der Waals surface area contributed by atoms with Crippen LogP contribution in [0, 0.1) is 0 Å². The van der Waals surface area contributed by atoms with Crippen LogP contribution in [0.2, 0.25) is 0 Å².